The summed E-state index contributed by atoms with van der Waals surface area (Å²) in [5.41, 5.74) is 3.44. The topological polar surface area (TPSA) is 204 Å². The predicted octanol–water partition coefficient (Wildman–Crippen LogP) is 2.31. The highest BCUT2D eigenvalue weighted by Gasteiger charge is 2.63. The van der Waals surface area contributed by atoms with Crippen LogP contribution in [-0.4, -0.2) is 74.4 Å². The highest BCUT2D eigenvalue weighted by atomic mass is 16.3. The van der Waals surface area contributed by atoms with Crippen LogP contribution in [0.5, 0.6) is 5.75 Å². The molecular weight excluding hydrogens is 582 g/mol. The molecule has 0 unspecified atom stereocenters. The van der Waals surface area contributed by atoms with E-state index < -0.39 is 58.0 Å². The zero-order chi connectivity index (χ0) is 32.4. The van der Waals surface area contributed by atoms with Gasteiger partial charge in [-0.2, -0.15) is 0 Å². The van der Waals surface area contributed by atoms with Crippen molar-refractivity contribution in [2.75, 3.05) is 14.1 Å². The summed E-state index contributed by atoms with van der Waals surface area (Å²) in [6, 6.07) is 12.1. The lowest BCUT2D eigenvalue weighted by atomic mass is 9.58. The Morgan fingerprint density at radius 3 is 2.51 bits per heavy atom. The van der Waals surface area contributed by atoms with Crippen molar-refractivity contribution in [2.45, 2.75) is 31.0 Å². The number of benzene rings is 2. The Morgan fingerprint density at radius 2 is 1.84 bits per heavy atom. The van der Waals surface area contributed by atoms with Crippen LogP contribution >= 0.6 is 0 Å². The number of primary amides is 1. The number of rotatable bonds is 6. The van der Waals surface area contributed by atoms with Crippen LogP contribution in [0.2, 0.25) is 0 Å². The number of nitrogens with two attached hydrogens (primary N) is 1. The van der Waals surface area contributed by atoms with E-state index in [2.05, 4.69) is 5.32 Å². The standard InChI is InChI=1S/C33H31N3O9/c1-36(2)26-21-13-17-12-20-19(15-5-3-6-16(11-15)32(43)35-14-18-7-4-10-45-18)8-9-22(37)24(20)27(38)23(17)29(40)33(21,44)30(41)25(28(26)39)31(34)42/h3-11,17,21,26,37,39-40,44H,12-14H2,1-2H3,(H2,34,42)(H,35,43)/t17-,21-,26+,33-/m0/s1. The largest absolute Gasteiger partial charge is 0.510 e. The third-order valence-corrected chi connectivity index (χ3v) is 9.05. The van der Waals surface area contributed by atoms with Crippen molar-refractivity contribution in [1.82, 2.24) is 10.2 Å². The van der Waals surface area contributed by atoms with E-state index in [4.69, 9.17) is 10.2 Å². The molecule has 3 aliphatic carbocycles. The molecule has 0 spiro atoms. The van der Waals surface area contributed by atoms with Gasteiger partial charge in [0, 0.05) is 17.1 Å². The van der Waals surface area contributed by atoms with Crippen molar-refractivity contribution < 1.29 is 44.0 Å². The van der Waals surface area contributed by atoms with Crippen molar-refractivity contribution in [3.8, 4) is 16.9 Å². The van der Waals surface area contributed by atoms with E-state index in [0.717, 1.165) is 0 Å². The minimum Gasteiger partial charge on any atom is -0.510 e. The Morgan fingerprint density at radius 1 is 1.09 bits per heavy atom. The number of aromatic hydroxyl groups is 1. The Kier molecular flexibility index (Phi) is 7.13. The average molecular weight is 614 g/mol. The summed E-state index contributed by atoms with van der Waals surface area (Å²) in [6.45, 7) is 0.190. The van der Waals surface area contributed by atoms with Gasteiger partial charge in [-0.25, -0.2) is 0 Å². The number of ketones is 2. The van der Waals surface area contributed by atoms with Crippen LogP contribution in [0, 0.1) is 11.8 Å². The van der Waals surface area contributed by atoms with E-state index in [0.29, 0.717) is 28.0 Å². The lowest BCUT2D eigenvalue weighted by molar-refractivity contribution is -0.148. The molecule has 3 aromatic rings. The Labute approximate surface area is 257 Å². The molecule has 0 radical (unpaired) electrons. The average Bonchev–Trinajstić information content (AvgIpc) is 3.51. The Hall–Kier alpha value is -5.20. The number of carbonyl (C=O) groups is 4. The van der Waals surface area contributed by atoms with Crippen molar-refractivity contribution in [3.05, 3.63) is 99.9 Å². The number of Topliss-reactive ketones (excluding diaryl/α,β-unsaturated/α-hetero) is 2. The summed E-state index contributed by atoms with van der Waals surface area (Å²) in [7, 11) is 3.14. The molecular formula is C33H31N3O9. The molecule has 6 rings (SSSR count). The monoisotopic (exact) mass is 613 g/mol. The number of phenolic OH excluding ortho intramolecular Hbond substituents is 1. The van der Waals surface area contributed by atoms with Crippen LogP contribution < -0.4 is 11.1 Å². The normalized spacial score (nSPS) is 24.3. The molecule has 0 saturated carbocycles. The molecule has 0 bridgehead atoms. The lowest BCUT2D eigenvalue weighted by Crippen LogP contribution is -2.63. The zero-order valence-electron chi connectivity index (χ0n) is 24.4. The quantitative estimate of drug-likeness (QED) is 0.224. The Balaban J connectivity index is 1.42. The smallest absolute Gasteiger partial charge is 0.255 e. The molecule has 2 aromatic carbocycles. The van der Waals surface area contributed by atoms with E-state index in [1.807, 2.05) is 0 Å². The van der Waals surface area contributed by atoms with Gasteiger partial charge in [0.15, 0.2) is 11.4 Å². The number of hydrogen-bond acceptors (Lipinski definition) is 10. The van der Waals surface area contributed by atoms with Crippen LogP contribution in [0.4, 0.5) is 0 Å². The number of nitrogens with one attached hydrogen (secondary N) is 1. The third-order valence-electron chi connectivity index (χ3n) is 9.05. The molecule has 3 aliphatic rings. The fourth-order valence-electron chi connectivity index (χ4n) is 7.03. The summed E-state index contributed by atoms with van der Waals surface area (Å²) in [4.78, 5) is 54.1. The first-order chi connectivity index (χ1) is 21.4. The van der Waals surface area contributed by atoms with E-state index >= 15 is 0 Å². The minimum atomic E-state index is -2.71. The zero-order valence-corrected chi connectivity index (χ0v) is 24.4. The number of hydrogen-bond donors (Lipinski definition) is 6. The number of phenols is 1. The van der Waals surface area contributed by atoms with Crippen LogP contribution in [-0.2, 0) is 22.6 Å². The van der Waals surface area contributed by atoms with Gasteiger partial charge in [0.05, 0.1) is 24.4 Å². The SMILES string of the molecule is CN(C)[C@H]1C(O)=C(C(N)=O)C(=O)[C@@]2(O)C(O)=C3C(=O)c4c(O)ccc(-c5cccc(C(=O)NCc6ccco6)c5)c4C[C@H]3C[C@@H]12. The molecule has 4 atom stereocenters. The van der Waals surface area contributed by atoms with Gasteiger partial charge in [-0.15, -0.1) is 0 Å². The lowest BCUT2D eigenvalue weighted by Gasteiger charge is -2.50. The number of fused-ring (bicyclic) bond motifs is 3. The number of allylic oxidation sites excluding steroid dienone is 1. The van der Waals surface area contributed by atoms with E-state index in [-0.39, 0.29) is 42.2 Å². The maximum atomic E-state index is 14.0. The summed E-state index contributed by atoms with van der Waals surface area (Å²) in [5, 5.41) is 47.9. The van der Waals surface area contributed by atoms with Gasteiger partial charge >= 0.3 is 0 Å². The molecule has 7 N–H and O–H groups in total. The first-order valence-corrected chi connectivity index (χ1v) is 14.3. The maximum Gasteiger partial charge on any atom is 0.255 e. The number of likely N-dealkylation sites (N-methyl/N-ethyl adjacent to an activating group) is 1. The summed E-state index contributed by atoms with van der Waals surface area (Å²) in [6.07, 6.45) is 1.60. The molecule has 1 heterocycles. The second-order valence-corrected chi connectivity index (χ2v) is 11.8. The highest BCUT2D eigenvalue weighted by Crippen LogP contribution is 2.53. The number of aliphatic hydroxyl groups is 3. The van der Waals surface area contributed by atoms with Gasteiger partial charge in [0.25, 0.3) is 11.8 Å². The van der Waals surface area contributed by atoms with Gasteiger partial charge in [-0.1, -0.05) is 18.2 Å². The number of aliphatic hydroxyl groups excluding tert-OH is 2. The molecule has 2 amide bonds. The van der Waals surface area contributed by atoms with E-state index in [9.17, 15) is 39.6 Å². The van der Waals surface area contributed by atoms with Gasteiger partial charge < -0.3 is 35.9 Å². The summed E-state index contributed by atoms with van der Waals surface area (Å²) in [5.74, 6) is -6.91. The number of carbonyl (C=O) groups excluding carboxylic acids is 4. The molecule has 45 heavy (non-hydrogen) atoms. The van der Waals surface area contributed by atoms with Gasteiger partial charge in [-0.05, 0) is 79.9 Å². The second kappa shape index (κ2) is 10.8. The fourth-order valence-corrected chi connectivity index (χ4v) is 7.03. The van der Waals surface area contributed by atoms with Gasteiger partial charge in [0.1, 0.15) is 28.6 Å². The number of nitrogens with zero attached hydrogens (tertiary/aromatic N) is 1. The summed E-state index contributed by atoms with van der Waals surface area (Å²) < 4.78 is 5.27. The van der Waals surface area contributed by atoms with Crippen LogP contribution in [0.3, 0.4) is 0 Å². The highest BCUT2D eigenvalue weighted by molar-refractivity contribution is 6.25. The molecule has 232 valence electrons. The van der Waals surface area contributed by atoms with Crippen molar-refractivity contribution >= 4 is 23.4 Å². The van der Waals surface area contributed by atoms with Crippen LogP contribution in [0.1, 0.15) is 38.5 Å². The predicted molar refractivity (Wildman–Crippen MR) is 159 cm³/mol. The van der Waals surface area contributed by atoms with Crippen LogP contribution in [0.25, 0.3) is 11.1 Å². The van der Waals surface area contributed by atoms with E-state index in [1.165, 1.54) is 17.2 Å². The first-order valence-electron chi connectivity index (χ1n) is 14.3. The first kappa shape index (κ1) is 29.9. The van der Waals surface area contributed by atoms with Crippen molar-refractivity contribution in [3.63, 3.8) is 0 Å². The molecule has 12 heteroatoms. The summed E-state index contributed by atoms with van der Waals surface area (Å²) >= 11 is 0. The van der Waals surface area contributed by atoms with Gasteiger partial charge in [-0.3, -0.25) is 24.1 Å². The molecule has 1 aromatic heterocycles. The number of furan rings is 1. The third kappa shape index (κ3) is 4.52. The van der Waals surface area contributed by atoms with E-state index in [1.54, 1.807) is 56.6 Å². The fraction of sp³-hybridized carbons (Fsp3) is 0.273. The minimum absolute atomic E-state index is 0.0317. The number of amides is 2. The van der Waals surface area contributed by atoms with Crippen molar-refractivity contribution in [2.24, 2.45) is 17.6 Å². The molecule has 12 nitrogen and oxygen atoms in total. The molecule has 0 aliphatic heterocycles. The Bertz CT molecular complexity index is 1840. The van der Waals surface area contributed by atoms with Crippen molar-refractivity contribution in [1.29, 1.82) is 0 Å². The second-order valence-electron chi connectivity index (χ2n) is 11.8. The van der Waals surface area contributed by atoms with Gasteiger partial charge in [0.2, 0.25) is 5.78 Å². The van der Waals surface area contributed by atoms with Crippen LogP contribution in [0.15, 0.2) is 81.9 Å². The molecule has 0 fully saturated rings. The maximum absolute atomic E-state index is 14.0. The molecule has 0 saturated heterocycles.